The van der Waals surface area contributed by atoms with Crippen molar-refractivity contribution in [1.29, 1.82) is 5.26 Å². The van der Waals surface area contributed by atoms with Gasteiger partial charge < -0.3 is 9.88 Å². The summed E-state index contributed by atoms with van der Waals surface area (Å²) < 4.78 is 3.28. The zero-order chi connectivity index (χ0) is 21.0. The molecule has 1 N–H and O–H groups in total. The maximum Gasteiger partial charge on any atom is 0.266 e. The first-order chi connectivity index (χ1) is 13.9. The number of carbonyl (C=O) groups is 1. The van der Waals surface area contributed by atoms with E-state index in [2.05, 4.69) is 45.5 Å². The van der Waals surface area contributed by atoms with Crippen molar-refractivity contribution in [3.8, 4) is 11.8 Å². The number of carbonyl (C=O) groups excluding carboxylic acids is 1. The number of hydrogen-bond acceptors (Lipinski definition) is 2. The van der Waals surface area contributed by atoms with Crippen molar-refractivity contribution >= 4 is 40.3 Å². The van der Waals surface area contributed by atoms with Gasteiger partial charge in [-0.1, -0.05) is 25.1 Å². The molecule has 1 heterocycles. The summed E-state index contributed by atoms with van der Waals surface area (Å²) in [5, 5.41) is 12.4. The first-order valence-electron chi connectivity index (χ1n) is 9.40. The molecular formula is C24H22IN3O. The van der Waals surface area contributed by atoms with E-state index in [1.165, 1.54) is 5.56 Å². The number of anilines is 1. The molecular weight excluding hydrogens is 473 g/mol. The highest BCUT2D eigenvalue weighted by Crippen LogP contribution is 2.24. The lowest BCUT2D eigenvalue weighted by Crippen LogP contribution is -2.13. The van der Waals surface area contributed by atoms with Crippen LogP contribution in [0.1, 0.15) is 29.4 Å². The van der Waals surface area contributed by atoms with Gasteiger partial charge in [0.25, 0.3) is 5.91 Å². The minimum Gasteiger partial charge on any atom is -0.321 e. The Morgan fingerprint density at radius 1 is 1.17 bits per heavy atom. The monoisotopic (exact) mass is 495 g/mol. The summed E-state index contributed by atoms with van der Waals surface area (Å²) in [5.41, 5.74) is 5.90. The van der Waals surface area contributed by atoms with E-state index in [1.54, 1.807) is 6.08 Å². The maximum absolute atomic E-state index is 12.6. The first-order valence-corrected chi connectivity index (χ1v) is 10.5. The molecule has 3 aromatic rings. The van der Waals surface area contributed by atoms with Crippen molar-refractivity contribution in [2.45, 2.75) is 27.2 Å². The van der Waals surface area contributed by atoms with E-state index >= 15 is 0 Å². The predicted molar refractivity (Wildman–Crippen MR) is 126 cm³/mol. The molecule has 0 aliphatic carbocycles. The minimum atomic E-state index is -0.407. The molecule has 0 radical (unpaired) electrons. The van der Waals surface area contributed by atoms with Gasteiger partial charge in [0.1, 0.15) is 11.6 Å². The number of benzene rings is 2. The molecule has 0 saturated carbocycles. The molecule has 0 aliphatic heterocycles. The van der Waals surface area contributed by atoms with Gasteiger partial charge in [-0.3, -0.25) is 4.79 Å². The highest BCUT2D eigenvalue weighted by atomic mass is 127. The summed E-state index contributed by atoms with van der Waals surface area (Å²) in [6.07, 6.45) is 2.59. The predicted octanol–water partition coefficient (Wildman–Crippen LogP) is 5.81. The van der Waals surface area contributed by atoms with E-state index in [1.807, 2.05) is 68.4 Å². The molecule has 0 unspecified atom stereocenters. The molecule has 0 saturated heterocycles. The van der Waals surface area contributed by atoms with Gasteiger partial charge in [0.2, 0.25) is 0 Å². The van der Waals surface area contributed by atoms with Gasteiger partial charge in [0.05, 0.1) is 0 Å². The molecule has 2 aromatic carbocycles. The summed E-state index contributed by atoms with van der Waals surface area (Å²) >= 11 is 2.29. The van der Waals surface area contributed by atoms with Gasteiger partial charge in [-0.2, -0.15) is 5.26 Å². The Labute approximate surface area is 185 Å². The van der Waals surface area contributed by atoms with Crippen LogP contribution in [0.15, 0.2) is 60.2 Å². The highest BCUT2D eigenvalue weighted by molar-refractivity contribution is 14.1. The van der Waals surface area contributed by atoms with E-state index in [4.69, 9.17) is 0 Å². The lowest BCUT2D eigenvalue weighted by atomic mass is 10.1. The van der Waals surface area contributed by atoms with E-state index in [-0.39, 0.29) is 5.57 Å². The Kier molecular flexibility index (Phi) is 6.55. The molecule has 29 heavy (non-hydrogen) atoms. The van der Waals surface area contributed by atoms with Crippen LogP contribution in [0.5, 0.6) is 0 Å². The number of aryl methyl sites for hydroxylation is 2. The molecule has 146 valence electrons. The molecule has 0 bridgehead atoms. The summed E-state index contributed by atoms with van der Waals surface area (Å²) in [5.74, 6) is -0.407. The second-order valence-electron chi connectivity index (χ2n) is 6.82. The zero-order valence-corrected chi connectivity index (χ0v) is 18.8. The van der Waals surface area contributed by atoms with E-state index in [0.29, 0.717) is 5.69 Å². The molecule has 1 aromatic heterocycles. The molecule has 0 aliphatic rings. The molecule has 5 heteroatoms. The summed E-state index contributed by atoms with van der Waals surface area (Å²) in [4.78, 5) is 12.6. The Hall–Kier alpha value is -2.85. The lowest BCUT2D eigenvalue weighted by molar-refractivity contribution is -0.112. The number of nitrogens with zero attached hydrogens (tertiary/aromatic N) is 2. The lowest BCUT2D eigenvalue weighted by Gasteiger charge is -2.10. The van der Waals surface area contributed by atoms with Crippen LogP contribution in [-0.4, -0.2) is 10.5 Å². The van der Waals surface area contributed by atoms with Gasteiger partial charge in [-0.05, 0) is 96.5 Å². The van der Waals surface area contributed by atoms with Crippen LogP contribution in [0.4, 0.5) is 5.69 Å². The van der Waals surface area contributed by atoms with Crippen LogP contribution in [0.3, 0.4) is 0 Å². The van der Waals surface area contributed by atoms with Crippen LogP contribution in [-0.2, 0) is 11.2 Å². The normalized spacial score (nSPS) is 11.2. The summed E-state index contributed by atoms with van der Waals surface area (Å²) in [6.45, 7) is 6.09. The van der Waals surface area contributed by atoms with Crippen molar-refractivity contribution in [2.24, 2.45) is 0 Å². The van der Waals surface area contributed by atoms with Gasteiger partial charge in [0, 0.05) is 26.3 Å². The second-order valence-corrected chi connectivity index (χ2v) is 8.06. The Bertz CT molecular complexity index is 1120. The van der Waals surface area contributed by atoms with Crippen molar-refractivity contribution in [3.63, 3.8) is 0 Å². The average Bonchev–Trinajstić information content (AvgIpc) is 2.99. The second kappa shape index (κ2) is 9.10. The topological polar surface area (TPSA) is 57.8 Å². The number of nitrogens with one attached hydrogen (secondary N) is 1. The fourth-order valence-corrected chi connectivity index (χ4v) is 3.80. The van der Waals surface area contributed by atoms with Crippen LogP contribution >= 0.6 is 22.6 Å². The van der Waals surface area contributed by atoms with Crippen LogP contribution in [0, 0.1) is 28.7 Å². The standard InChI is InChI=1S/C24H22IN3O/c1-4-18-8-10-22(11-9-18)27-24(29)20(15-26)13-19-12-16(2)28(17(19)3)23-7-5-6-21(25)14-23/h5-14H,4H2,1-3H3,(H,27,29)/b20-13-. The van der Waals surface area contributed by atoms with E-state index < -0.39 is 5.91 Å². The van der Waals surface area contributed by atoms with Gasteiger partial charge in [-0.25, -0.2) is 0 Å². The van der Waals surface area contributed by atoms with E-state index in [0.717, 1.165) is 32.6 Å². The smallest absolute Gasteiger partial charge is 0.266 e. The molecule has 3 rings (SSSR count). The van der Waals surface area contributed by atoms with Crippen LogP contribution in [0.2, 0.25) is 0 Å². The molecule has 0 spiro atoms. The van der Waals surface area contributed by atoms with Crippen LogP contribution in [0.25, 0.3) is 11.8 Å². The number of nitriles is 1. The van der Waals surface area contributed by atoms with Crippen molar-refractivity contribution in [1.82, 2.24) is 4.57 Å². The SMILES string of the molecule is CCc1ccc(NC(=O)/C(C#N)=C\c2cc(C)n(-c3cccc(I)c3)c2C)cc1. The third kappa shape index (κ3) is 4.77. The number of halogens is 1. The zero-order valence-electron chi connectivity index (χ0n) is 16.7. The third-order valence-corrected chi connectivity index (χ3v) is 5.49. The van der Waals surface area contributed by atoms with E-state index in [9.17, 15) is 10.1 Å². The van der Waals surface area contributed by atoms with Gasteiger partial charge >= 0.3 is 0 Å². The van der Waals surface area contributed by atoms with Gasteiger partial charge in [-0.15, -0.1) is 0 Å². The number of rotatable bonds is 5. The Balaban J connectivity index is 1.90. The highest BCUT2D eigenvalue weighted by Gasteiger charge is 2.14. The van der Waals surface area contributed by atoms with Crippen LogP contribution < -0.4 is 5.32 Å². The fraction of sp³-hybridized carbons (Fsp3) is 0.167. The average molecular weight is 495 g/mol. The summed E-state index contributed by atoms with van der Waals surface area (Å²) in [7, 11) is 0. The quantitative estimate of drug-likeness (QED) is 0.276. The maximum atomic E-state index is 12.6. The third-order valence-electron chi connectivity index (χ3n) is 4.82. The van der Waals surface area contributed by atoms with Crippen molar-refractivity contribution in [3.05, 3.63) is 86.3 Å². The summed E-state index contributed by atoms with van der Waals surface area (Å²) in [6, 6.07) is 19.9. The minimum absolute atomic E-state index is 0.0764. The number of hydrogen-bond donors (Lipinski definition) is 1. The van der Waals surface area contributed by atoms with Gasteiger partial charge in [0.15, 0.2) is 0 Å². The molecule has 0 fully saturated rings. The largest absolute Gasteiger partial charge is 0.321 e. The molecule has 0 atom stereocenters. The Morgan fingerprint density at radius 3 is 2.52 bits per heavy atom. The fourth-order valence-electron chi connectivity index (χ4n) is 3.27. The Morgan fingerprint density at radius 2 is 1.90 bits per heavy atom. The van der Waals surface area contributed by atoms with Crippen molar-refractivity contribution < 1.29 is 4.79 Å². The molecule has 1 amide bonds. The molecule has 4 nitrogen and oxygen atoms in total. The van der Waals surface area contributed by atoms with Crippen molar-refractivity contribution in [2.75, 3.05) is 5.32 Å². The number of aromatic nitrogens is 1. The number of amides is 1. The first kappa shape index (κ1) is 20.9.